The van der Waals surface area contributed by atoms with Crippen molar-refractivity contribution in [3.63, 3.8) is 0 Å². The van der Waals surface area contributed by atoms with Crippen molar-refractivity contribution >= 4 is 17.4 Å². The highest BCUT2D eigenvalue weighted by Gasteiger charge is 2.21. The van der Waals surface area contributed by atoms with Crippen LogP contribution in [-0.2, 0) is 0 Å². The second-order valence-electron chi connectivity index (χ2n) is 4.75. The summed E-state index contributed by atoms with van der Waals surface area (Å²) in [6.45, 7) is 3.98. The Morgan fingerprint density at radius 1 is 1.50 bits per heavy atom. The Bertz CT molecular complexity index is 398. The van der Waals surface area contributed by atoms with E-state index in [-0.39, 0.29) is 0 Å². The van der Waals surface area contributed by atoms with Crippen molar-refractivity contribution in [1.82, 2.24) is 9.97 Å². The molecular formula is C13H20ClN3O. The molecule has 0 aromatic carbocycles. The van der Waals surface area contributed by atoms with E-state index in [0.717, 1.165) is 37.0 Å². The molecular weight excluding hydrogens is 250 g/mol. The maximum Gasteiger partial charge on any atom is 0.218 e. The fourth-order valence-corrected chi connectivity index (χ4v) is 2.76. The van der Waals surface area contributed by atoms with Crippen LogP contribution in [0.4, 0.5) is 5.82 Å². The molecule has 1 fully saturated rings. The van der Waals surface area contributed by atoms with Gasteiger partial charge in [0.15, 0.2) is 0 Å². The van der Waals surface area contributed by atoms with Crippen LogP contribution in [0.5, 0.6) is 5.88 Å². The minimum atomic E-state index is 0.636. The maximum absolute atomic E-state index is 5.84. The van der Waals surface area contributed by atoms with Gasteiger partial charge in [-0.05, 0) is 32.1 Å². The lowest BCUT2D eigenvalue weighted by atomic mass is 9.95. The van der Waals surface area contributed by atoms with Gasteiger partial charge in [0, 0.05) is 25.0 Å². The number of aromatic nitrogens is 2. The van der Waals surface area contributed by atoms with Gasteiger partial charge in [-0.3, -0.25) is 0 Å². The van der Waals surface area contributed by atoms with E-state index in [0.29, 0.717) is 11.8 Å². The molecule has 1 aliphatic rings. The van der Waals surface area contributed by atoms with Gasteiger partial charge in [-0.1, -0.05) is 0 Å². The number of hydrogen-bond donors (Lipinski definition) is 0. The number of hydrogen-bond acceptors (Lipinski definition) is 4. The molecule has 0 radical (unpaired) electrons. The molecule has 2 heterocycles. The molecule has 4 nitrogen and oxygen atoms in total. The lowest BCUT2D eigenvalue weighted by molar-refractivity contribution is 0.390. The highest BCUT2D eigenvalue weighted by molar-refractivity contribution is 6.17. The first-order chi connectivity index (χ1) is 8.72. The van der Waals surface area contributed by atoms with E-state index in [2.05, 4.69) is 14.9 Å². The third-order valence-corrected chi connectivity index (χ3v) is 3.59. The van der Waals surface area contributed by atoms with Crippen LogP contribution in [-0.4, -0.2) is 36.0 Å². The van der Waals surface area contributed by atoms with Crippen molar-refractivity contribution in [2.75, 3.05) is 31.0 Å². The fraction of sp³-hybridized carbons (Fsp3) is 0.692. The van der Waals surface area contributed by atoms with Gasteiger partial charge in [-0.15, -0.1) is 11.6 Å². The van der Waals surface area contributed by atoms with E-state index in [1.54, 1.807) is 7.11 Å². The van der Waals surface area contributed by atoms with Gasteiger partial charge in [0.25, 0.3) is 0 Å². The summed E-state index contributed by atoms with van der Waals surface area (Å²) >= 11 is 5.84. The van der Waals surface area contributed by atoms with Gasteiger partial charge < -0.3 is 9.64 Å². The molecule has 5 heteroatoms. The quantitative estimate of drug-likeness (QED) is 0.788. The topological polar surface area (TPSA) is 38.2 Å². The average molecular weight is 270 g/mol. The zero-order chi connectivity index (χ0) is 13.0. The molecule has 0 N–H and O–H groups in total. The summed E-state index contributed by atoms with van der Waals surface area (Å²) in [7, 11) is 1.64. The number of ether oxygens (including phenoxy) is 1. The number of halogens is 1. The van der Waals surface area contributed by atoms with Crippen LogP contribution >= 0.6 is 11.6 Å². The van der Waals surface area contributed by atoms with Crippen LogP contribution in [0.1, 0.15) is 25.1 Å². The van der Waals surface area contributed by atoms with Crippen LogP contribution in [0.2, 0.25) is 0 Å². The third-order valence-electron chi connectivity index (χ3n) is 3.37. The van der Waals surface area contributed by atoms with Gasteiger partial charge in [0.1, 0.15) is 11.6 Å². The number of rotatable bonds is 4. The summed E-state index contributed by atoms with van der Waals surface area (Å²) < 4.78 is 5.20. The van der Waals surface area contributed by atoms with Gasteiger partial charge >= 0.3 is 0 Å². The largest absolute Gasteiger partial charge is 0.481 e. The molecule has 0 saturated carbocycles. The van der Waals surface area contributed by atoms with Crippen LogP contribution in [0.25, 0.3) is 0 Å². The minimum Gasteiger partial charge on any atom is -0.481 e. The zero-order valence-corrected chi connectivity index (χ0v) is 11.8. The maximum atomic E-state index is 5.84. The first-order valence-corrected chi connectivity index (χ1v) is 6.97. The molecule has 18 heavy (non-hydrogen) atoms. The van der Waals surface area contributed by atoms with Crippen molar-refractivity contribution in [2.24, 2.45) is 5.92 Å². The Morgan fingerprint density at radius 2 is 2.33 bits per heavy atom. The smallest absolute Gasteiger partial charge is 0.218 e. The number of alkyl halides is 1. The third kappa shape index (κ3) is 3.25. The number of nitrogens with zero attached hydrogens (tertiary/aromatic N) is 3. The number of methoxy groups -OCH3 is 1. The van der Waals surface area contributed by atoms with Crippen LogP contribution in [0.15, 0.2) is 6.07 Å². The number of anilines is 1. The van der Waals surface area contributed by atoms with E-state index in [9.17, 15) is 0 Å². The molecule has 1 aliphatic heterocycles. The second kappa shape index (κ2) is 6.23. The first kappa shape index (κ1) is 13.4. The Balaban J connectivity index is 2.12. The van der Waals surface area contributed by atoms with Crippen molar-refractivity contribution in [3.05, 3.63) is 11.9 Å². The van der Waals surface area contributed by atoms with Crippen molar-refractivity contribution in [1.29, 1.82) is 0 Å². The Labute approximate surface area is 113 Å². The van der Waals surface area contributed by atoms with Gasteiger partial charge in [-0.2, -0.15) is 4.98 Å². The molecule has 1 saturated heterocycles. The number of piperidine rings is 1. The van der Waals surface area contributed by atoms with E-state index in [4.69, 9.17) is 16.3 Å². The monoisotopic (exact) mass is 269 g/mol. The zero-order valence-electron chi connectivity index (χ0n) is 11.0. The average Bonchev–Trinajstić information content (AvgIpc) is 2.39. The van der Waals surface area contributed by atoms with E-state index < -0.39 is 0 Å². The van der Waals surface area contributed by atoms with Crippen LogP contribution < -0.4 is 9.64 Å². The summed E-state index contributed by atoms with van der Waals surface area (Å²) in [5.41, 5.74) is 0. The summed E-state index contributed by atoms with van der Waals surface area (Å²) in [5.74, 6) is 3.78. The molecule has 0 bridgehead atoms. The Morgan fingerprint density at radius 3 is 3.06 bits per heavy atom. The van der Waals surface area contributed by atoms with E-state index >= 15 is 0 Å². The SMILES string of the molecule is COc1cc(N2CCCC(CCCl)C2)nc(C)n1. The minimum absolute atomic E-state index is 0.636. The molecule has 0 amide bonds. The van der Waals surface area contributed by atoms with Gasteiger partial charge in [0.2, 0.25) is 5.88 Å². The lowest BCUT2D eigenvalue weighted by Gasteiger charge is -2.33. The Kier molecular flexibility index (Phi) is 4.64. The summed E-state index contributed by atoms with van der Waals surface area (Å²) in [6.07, 6.45) is 3.55. The van der Waals surface area contributed by atoms with Crippen molar-refractivity contribution in [3.8, 4) is 5.88 Å². The first-order valence-electron chi connectivity index (χ1n) is 6.43. The number of aryl methyl sites for hydroxylation is 1. The molecule has 100 valence electrons. The normalized spacial score (nSPS) is 19.9. The highest BCUT2D eigenvalue weighted by atomic mass is 35.5. The second-order valence-corrected chi connectivity index (χ2v) is 5.13. The highest BCUT2D eigenvalue weighted by Crippen LogP contribution is 2.25. The van der Waals surface area contributed by atoms with Crippen molar-refractivity contribution < 1.29 is 4.74 Å². The summed E-state index contributed by atoms with van der Waals surface area (Å²) in [4.78, 5) is 11.0. The van der Waals surface area contributed by atoms with E-state index in [1.807, 2.05) is 13.0 Å². The Hall–Kier alpha value is -1.03. The fourth-order valence-electron chi connectivity index (χ4n) is 2.45. The predicted molar refractivity (Wildman–Crippen MR) is 73.6 cm³/mol. The molecule has 0 aliphatic carbocycles. The molecule has 0 spiro atoms. The molecule has 2 rings (SSSR count). The standard InChI is InChI=1S/C13H20ClN3O/c1-10-15-12(8-13(16-10)18-2)17-7-3-4-11(9-17)5-6-14/h8,11H,3-7,9H2,1-2H3. The summed E-state index contributed by atoms with van der Waals surface area (Å²) in [5, 5.41) is 0. The molecule has 1 unspecified atom stereocenters. The van der Waals surface area contributed by atoms with Crippen molar-refractivity contribution in [2.45, 2.75) is 26.2 Å². The van der Waals surface area contributed by atoms with Gasteiger partial charge in [0.05, 0.1) is 7.11 Å². The predicted octanol–water partition coefficient (Wildman–Crippen LogP) is 2.64. The van der Waals surface area contributed by atoms with Crippen LogP contribution in [0.3, 0.4) is 0 Å². The van der Waals surface area contributed by atoms with E-state index in [1.165, 1.54) is 12.8 Å². The molecule has 1 aromatic rings. The molecule has 1 aromatic heterocycles. The summed E-state index contributed by atoms with van der Waals surface area (Å²) in [6, 6.07) is 1.91. The van der Waals surface area contributed by atoms with Gasteiger partial charge in [-0.25, -0.2) is 4.98 Å². The molecule has 1 atom stereocenters. The van der Waals surface area contributed by atoms with Crippen LogP contribution in [0, 0.1) is 12.8 Å². The lowest BCUT2D eigenvalue weighted by Crippen LogP contribution is -2.36.